The maximum Gasteiger partial charge on any atom is 0.425 e. The highest BCUT2D eigenvalue weighted by Gasteiger charge is 2.41. The van der Waals surface area contributed by atoms with E-state index in [1.165, 1.54) is 0 Å². The zero-order valence-electron chi connectivity index (χ0n) is 6.16. The van der Waals surface area contributed by atoms with Crippen LogP contribution in [0.15, 0.2) is 0 Å². The summed E-state index contributed by atoms with van der Waals surface area (Å²) in [7, 11) is 0. The standard InChI is InChI=1S/C6H7NO4/c1-3(2)7-4(8)5(9)11-6(7)10/h3H,1-2H3. The Kier molecular flexibility index (Phi) is 1.64. The summed E-state index contributed by atoms with van der Waals surface area (Å²) >= 11 is 0. The highest BCUT2D eigenvalue weighted by atomic mass is 16.6. The molecule has 5 nitrogen and oxygen atoms in total. The molecule has 1 heterocycles. The van der Waals surface area contributed by atoms with Gasteiger partial charge in [-0.3, -0.25) is 4.79 Å². The molecule has 0 saturated carbocycles. The van der Waals surface area contributed by atoms with Crippen molar-refractivity contribution in [2.45, 2.75) is 19.9 Å². The van der Waals surface area contributed by atoms with Crippen molar-refractivity contribution >= 4 is 18.0 Å². The Labute approximate surface area is 62.9 Å². The van der Waals surface area contributed by atoms with E-state index in [4.69, 9.17) is 0 Å². The minimum Gasteiger partial charge on any atom is -0.368 e. The molecule has 5 heteroatoms. The first-order valence-electron chi connectivity index (χ1n) is 3.13. The van der Waals surface area contributed by atoms with Gasteiger partial charge in [-0.2, -0.15) is 0 Å². The third kappa shape index (κ3) is 1.09. The number of imide groups is 1. The second-order valence-electron chi connectivity index (χ2n) is 2.42. The fourth-order valence-corrected chi connectivity index (χ4v) is 0.799. The van der Waals surface area contributed by atoms with Gasteiger partial charge in [0, 0.05) is 6.04 Å². The zero-order valence-corrected chi connectivity index (χ0v) is 6.16. The monoisotopic (exact) mass is 157 g/mol. The van der Waals surface area contributed by atoms with Crippen LogP contribution >= 0.6 is 0 Å². The molecular formula is C6H7NO4. The molecule has 0 radical (unpaired) electrons. The van der Waals surface area contributed by atoms with Crippen LogP contribution in [0.25, 0.3) is 0 Å². The Morgan fingerprint density at radius 2 is 1.82 bits per heavy atom. The van der Waals surface area contributed by atoms with Crippen LogP contribution in [0.1, 0.15) is 13.8 Å². The lowest BCUT2D eigenvalue weighted by Crippen LogP contribution is -2.36. The van der Waals surface area contributed by atoms with Crippen molar-refractivity contribution in [3.63, 3.8) is 0 Å². The molecule has 2 amide bonds. The molecule has 11 heavy (non-hydrogen) atoms. The molecule has 60 valence electrons. The fraction of sp³-hybridized carbons (Fsp3) is 0.500. The third-order valence-electron chi connectivity index (χ3n) is 1.29. The number of carbonyl (C=O) groups is 3. The van der Waals surface area contributed by atoms with Crippen molar-refractivity contribution in [2.75, 3.05) is 0 Å². The summed E-state index contributed by atoms with van der Waals surface area (Å²) in [6, 6.07) is -0.332. The van der Waals surface area contributed by atoms with Crippen molar-refractivity contribution in [1.82, 2.24) is 4.90 Å². The summed E-state index contributed by atoms with van der Waals surface area (Å²) in [6.07, 6.45) is -0.880. The van der Waals surface area contributed by atoms with E-state index in [-0.39, 0.29) is 6.04 Å². The van der Waals surface area contributed by atoms with Gasteiger partial charge in [0.1, 0.15) is 0 Å². The van der Waals surface area contributed by atoms with Gasteiger partial charge < -0.3 is 4.74 Å². The number of esters is 1. The summed E-state index contributed by atoms with van der Waals surface area (Å²) < 4.78 is 4.05. The molecule has 1 aliphatic rings. The number of nitrogens with zero attached hydrogens (tertiary/aromatic N) is 1. The van der Waals surface area contributed by atoms with Crippen LogP contribution in [-0.2, 0) is 14.3 Å². The second-order valence-corrected chi connectivity index (χ2v) is 2.42. The maximum atomic E-state index is 10.8. The molecule has 0 unspecified atom stereocenters. The first kappa shape index (κ1) is 7.71. The Hall–Kier alpha value is -1.39. The van der Waals surface area contributed by atoms with E-state index in [0.717, 1.165) is 4.90 Å². The fourth-order valence-electron chi connectivity index (χ4n) is 0.799. The van der Waals surface area contributed by atoms with Gasteiger partial charge in [-0.05, 0) is 13.8 Å². The molecule has 1 rings (SSSR count). The first-order chi connectivity index (χ1) is 5.04. The SMILES string of the molecule is CC(C)N1C(=O)OC(=O)C1=O. The smallest absolute Gasteiger partial charge is 0.368 e. The third-order valence-corrected chi connectivity index (χ3v) is 1.29. The van der Waals surface area contributed by atoms with Crippen LogP contribution in [0.3, 0.4) is 0 Å². The summed E-state index contributed by atoms with van der Waals surface area (Å²) in [5.74, 6) is -1.98. The molecule has 1 saturated heterocycles. The largest absolute Gasteiger partial charge is 0.425 e. The summed E-state index contributed by atoms with van der Waals surface area (Å²) in [4.78, 5) is 32.7. The Morgan fingerprint density at radius 3 is 2.00 bits per heavy atom. The van der Waals surface area contributed by atoms with Crippen molar-refractivity contribution in [2.24, 2.45) is 0 Å². The van der Waals surface area contributed by atoms with Crippen molar-refractivity contribution in [1.29, 1.82) is 0 Å². The second kappa shape index (κ2) is 2.34. The highest BCUT2D eigenvalue weighted by Crippen LogP contribution is 2.10. The summed E-state index contributed by atoms with van der Waals surface area (Å²) in [5.41, 5.74) is 0. The number of hydrogen-bond donors (Lipinski definition) is 0. The molecule has 0 atom stereocenters. The van der Waals surface area contributed by atoms with Gasteiger partial charge in [0.25, 0.3) is 0 Å². The molecule has 0 spiro atoms. The number of cyclic esters (lactones) is 2. The number of amides is 2. The number of carbonyl (C=O) groups excluding carboxylic acids is 3. The molecule has 0 N–H and O–H groups in total. The average Bonchev–Trinajstić information content (AvgIpc) is 2.07. The molecule has 0 aliphatic carbocycles. The molecule has 0 bridgehead atoms. The average molecular weight is 157 g/mol. The normalized spacial score (nSPS) is 18.1. The van der Waals surface area contributed by atoms with E-state index in [1.54, 1.807) is 13.8 Å². The van der Waals surface area contributed by atoms with E-state index in [9.17, 15) is 14.4 Å². The van der Waals surface area contributed by atoms with Crippen LogP contribution in [0.5, 0.6) is 0 Å². The Bertz CT molecular complexity index is 233. The topological polar surface area (TPSA) is 63.7 Å². The molecule has 0 aromatic carbocycles. The van der Waals surface area contributed by atoms with Gasteiger partial charge in [0.05, 0.1) is 0 Å². The molecular weight excluding hydrogens is 150 g/mol. The van der Waals surface area contributed by atoms with E-state index in [0.29, 0.717) is 0 Å². The van der Waals surface area contributed by atoms with Crippen LogP contribution in [0.2, 0.25) is 0 Å². The van der Waals surface area contributed by atoms with Gasteiger partial charge in [-0.15, -0.1) is 0 Å². The van der Waals surface area contributed by atoms with Gasteiger partial charge in [0.15, 0.2) is 0 Å². The molecule has 0 aromatic rings. The lowest BCUT2D eigenvalue weighted by atomic mass is 10.3. The number of hydrogen-bond acceptors (Lipinski definition) is 4. The number of ether oxygens (including phenoxy) is 1. The van der Waals surface area contributed by atoms with Gasteiger partial charge in [0.2, 0.25) is 0 Å². The first-order valence-corrected chi connectivity index (χ1v) is 3.13. The van der Waals surface area contributed by atoms with Crippen LogP contribution in [0, 0.1) is 0 Å². The minimum absolute atomic E-state index is 0.332. The molecule has 1 fully saturated rings. The maximum absolute atomic E-state index is 10.8. The quantitative estimate of drug-likeness (QED) is 0.303. The lowest BCUT2D eigenvalue weighted by molar-refractivity contribution is -0.147. The highest BCUT2D eigenvalue weighted by molar-refractivity contribution is 6.40. The van der Waals surface area contributed by atoms with E-state index in [1.807, 2.05) is 0 Å². The van der Waals surface area contributed by atoms with E-state index < -0.39 is 18.0 Å². The van der Waals surface area contributed by atoms with Crippen LogP contribution < -0.4 is 0 Å². The van der Waals surface area contributed by atoms with E-state index >= 15 is 0 Å². The van der Waals surface area contributed by atoms with Crippen LogP contribution in [0.4, 0.5) is 4.79 Å². The molecule has 0 aromatic heterocycles. The number of rotatable bonds is 1. The predicted octanol–water partition coefficient (Wildman–Crippen LogP) is -0.0998. The van der Waals surface area contributed by atoms with Gasteiger partial charge in [-0.25, -0.2) is 14.5 Å². The lowest BCUT2D eigenvalue weighted by Gasteiger charge is -2.12. The minimum atomic E-state index is -1.09. The predicted molar refractivity (Wildman–Crippen MR) is 33.5 cm³/mol. The Morgan fingerprint density at radius 1 is 1.27 bits per heavy atom. The zero-order chi connectivity index (χ0) is 8.59. The van der Waals surface area contributed by atoms with E-state index in [2.05, 4.69) is 4.74 Å². The van der Waals surface area contributed by atoms with Crippen molar-refractivity contribution in [3.8, 4) is 0 Å². The summed E-state index contributed by atoms with van der Waals surface area (Å²) in [5, 5.41) is 0. The van der Waals surface area contributed by atoms with Crippen molar-refractivity contribution in [3.05, 3.63) is 0 Å². The van der Waals surface area contributed by atoms with Crippen LogP contribution in [-0.4, -0.2) is 28.9 Å². The van der Waals surface area contributed by atoms with Gasteiger partial charge in [-0.1, -0.05) is 0 Å². The molecule has 1 aliphatic heterocycles. The van der Waals surface area contributed by atoms with Gasteiger partial charge >= 0.3 is 18.0 Å². The summed E-state index contributed by atoms with van der Waals surface area (Å²) in [6.45, 7) is 3.25. The van der Waals surface area contributed by atoms with Crippen molar-refractivity contribution < 1.29 is 19.1 Å². The Balaban J connectivity index is 2.88.